The standard InChI is InChI=1S/C34H33Cl2N3O2/c35-28-20-27(21-29(36)22-28)33(40)38-30-11-12-32(31(23-30)34(41)37-16-13-24-7-3-1-4-8-24)39-17-14-26(15-18-39)19-25-9-5-2-6-10-25/h1-12,20-23,26H,13-19H2,(H,37,41)(H,38,40). The third-order valence-corrected chi connectivity index (χ3v) is 7.92. The lowest BCUT2D eigenvalue weighted by Gasteiger charge is -2.35. The molecule has 2 amide bonds. The first kappa shape index (κ1) is 28.7. The molecule has 1 aliphatic rings. The number of rotatable bonds is 9. The summed E-state index contributed by atoms with van der Waals surface area (Å²) in [6.45, 7) is 2.25. The van der Waals surface area contributed by atoms with Crippen LogP contribution in [0.1, 0.15) is 44.7 Å². The Kier molecular flexibility index (Phi) is 9.60. The van der Waals surface area contributed by atoms with E-state index in [1.54, 1.807) is 24.3 Å². The van der Waals surface area contributed by atoms with Crippen LogP contribution in [0, 0.1) is 5.92 Å². The van der Waals surface area contributed by atoms with Gasteiger partial charge in [-0.2, -0.15) is 0 Å². The minimum absolute atomic E-state index is 0.163. The van der Waals surface area contributed by atoms with Crippen molar-refractivity contribution in [2.75, 3.05) is 29.9 Å². The van der Waals surface area contributed by atoms with E-state index in [1.807, 2.05) is 30.3 Å². The molecule has 5 nitrogen and oxygen atoms in total. The van der Waals surface area contributed by atoms with E-state index in [0.717, 1.165) is 50.0 Å². The van der Waals surface area contributed by atoms with E-state index in [4.69, 9.17) is 23.2 Å². The number of anilines is 2. The smallest absolute Gasteiger partial charge is 0.255 e. The quantitative estimate of drug-likeness (QED) is 0.212. The Morgan fingerprint density at radius 1 is 0.756 bits per heavy atom. The Balaban J connectivity index is 1.31. The fourth-order valence-electron chi connectivity index (χ4n) is 5.35. The molecule has 41 heavy (non-hydrogen) atoms. The number of carbonyl (C=O) groups excluding carboxylic acids is 2. The molecule has 210 valence electrons. The van der Waals surface area contributed by atoms with Gasteiger partial charge < -0.3 is 15.5 Å². The minimum Gasteiger partial charge on any atom is -0.371 e. The van der Waals surface area contributed by atoms with Crippen molar-refractivity contribution in [2.24, 2.45) is 5.92 Å². The van der Waals surface area contributed by atoms with Crippen LogP contribution in [-0.2, 0) is 12.8 Å². The number of nitrogens with one attached hydrogen (secondary N) is 2. The number of carbonyl (C=O) groups is 2. The molecule has 0 atom stereocenters. The predicted molar refractivity (Wildman–Crippen MR) is 168 cm³/mol. The summed E-state index contributed by atoms with van der Waals surface area (Å²) in [6, 6.07) is 30.9. The van der Waals surface area contributed by atoms with Crippen molar-refractivity contribution in [1.29, 1.82) is 0 Å². The number of hydrogen-bond donors (Lipinski definition) is 2. The van der Waals surface area contributed by atoms with Crippen LogP contribution >= 0.6 is 23.2 Å². The Morgan fingerprint density at radius 2 is 1.39 bits per heavy atom. The second kappa shape index (κ2) is 13.7. The van der Waals surface area contributed by atoms with Crippen molar-refractivity contribution < 1.29 is 9.59 Å². The molecule has 1 aliphatic heterocycles. The molecule has 0 bridgehead atoms. The average molecular weight is 587 g/mol. The normalized spacial score (nSPS) is 13.6. The zero-order valence-electron chi connectivity index (χ0n) is 22.8. The van der Waals surface area contributed by atoms with Crippen molar-refractivity contribution in [3.63, 3.8) is 0 Å². The maximum absolute atomic E-state index is 13.5. The van der Waals surface area contributed by atoms with Crippen LogP contribution in [0.4, 0.5) is 11.4 Å². The third kappa shape index (κ3) is 7.90. The number of amides is 2. The lowest BCUT2D eigenvalue weighted by Crippen LogP contribution is -2.36. The SMILES string of the molecule is O=C(Nc1ccc(N2CCC(Cc3ccccc3)CC2)c(C(=O)NCCc2ccccc2)c1)c1cc(Cl)cc(Cl)c1. The monoisotopic (exact) mass is 585 g/mol. The molecule has 1 saturated heterocycles. The van der Waals surface area contributed by atoms with Crippen LogP contribution < -0.4 is 15.5 Å². The lowest BCUT2D eigenvalue weighted by atomic mass is 9.89. The third-order valence-electron chi connectivity index (χ3n) is 7.49. The number of benzene rings is 4. The number of halogens is 2. The first-order chi connectivity index (χ1) is 19.9. The van der Waals surface area contributed by atoms with Gasteiger partial charge in [-0.15, -0.1) is 0 Å². The van der Waals surface area contributed by atoms with Crippen LogP contribution in [0.5, 0.6) is 0 Å². The second-order valence-electron chi connectivity index (χ2n) is 10.5. The molecule has 4 aromatic carbocycles. The van der Waals surface area contributed by atoms with Crippen molar-refractivity contribution in [2.45, 2.75) is 25.7 Å². The van der Waals surface area contributed by atoms with Crippen molar-refractivity contribution in [3.05, 3.63) is 129 Å². The highest BCUT2D eigenvalue weighted by atomic mass is 35.5. The van der Waals surface area contributed by atoms with E-state index in [-0.39, 0.29) is 11.8 Å². The summed E-state index contributed by atoms with van der Waals surface area (Å²) < 4.78 is 0. The molecule has 0 saturated carbocycles. The van der Waals surface area contributed by atoms with Gasteiger partial charge in [-0.3, -0.25) is 9.59 Å². The molecule has 2 N–H and O–H groups in total. The van der Waals surface area contributed by atoms with Gasteiger partial charge in [-0.25, -0.2) is 0 Å². The Bertz CT molecular complexity index is 1470. The van der Waals surface area contributed by atoms with E-state index in [1.165, 1.54) is 5.56 Å². The maximum Gasteiger partial charge on any atom is 0.255 e. The molecule has 0 spiro atoms. The summed E-state index contributed by atoms with van der Waals surface area (Å²) in [5.74, 6) is 0.100. The van der Waals surface area contributed by atoms with Crippen molar-refractivity contribution >= 4 is 46.4 Å². The number of nitrogens with zero attached hydrogens (tertiary/aromatic N) is 1. The van der Waals surface area contributed by atoms with Crippen molar-refractivity contribution in [1.82, 2.24) is 5.32 Å². The Morgan fingerprint density at radius 3 is 2.05 bits per heavy atom. The fourth-order valence-corrected chi connectivity index (χ4v) is 5.87. The number of hydrogen-bond acceptors (Lipinski definition) is 3. The van der Waals surface area contributed by atoms with Gasteiger partial charge in [0, 0.05) is 46.6 Å². The molecule has 1 heterocycles. The van der Waals surface area contributed by atoms with E-state index in [2.05, 4.69) is 58.0 Å². The fraction of sp³-hybridized carbons (Fsp3) is 0.235. The maximum atomic E-state index is 13.5. The average Bonchev–Trinajstić information content (AvgIpc) is 2.98. The molecular weight excluding hydrogens is 553 g/mol. The van der Waals surface area contributed by atoms with Gasteiger partial charge in [0.25, 0.3) is 11.8 Å². The van der Waals surface area contributed by atoms with Gasteiger partial charge in [-0.1, -0.05) is 83.9 Å². The molecule has 0 unspecified atom stereocenters. The number of piperidine rings is 1. The van der Waals surface area contributed by atoms with E-state index < -0.39 is 0 Å². The molecule has 4 aromatic rings. The topological polar surface area (TPSA) is 61.4 Å². The van der Waals surface area contributed by atoms with Gasteiger partial charge in [-0.05, 0) is 79.1 Å². The van der Waals surface area contributed by atoms with Crippen LogP contribution in [0.2, 0.25) is 10.0 Å². The van der Waals surface area contributed by atoms with E-state index in [0.29, 0.717) is 39.3 Å². The molecule has 0 aromatic heterocycles. The molecule has 0 aliphatic carbocycles. The first-order valence-electron chi connectivity index (χ1n) is 14.0. The van der Waals surface area contributed by atoms with Gasteiger partial charge in [0.05, 0.1) is 5.56 Å². The highest BCUT2D eigenvalue weighted by Gasteiger charge is 2.24. The van der Waals surface area contributed by atoms with Crippen LogP contribution in [-0.4, -0.2) is 31.4 Å². The molecule has 7 heteroatoms. The highest BCUT2D eigenvalue weighted by Crippen LogP contribution is 2.30. The largest absolute Gasteiger partial charge is 0.371 e. The van der Waals surface area contributed by atoms with Crippen LogP contribution in [0.15, 0.2) is 97.1 Å². The van der Waals surface area contributed by atoms with Gasteiger partial charge >= 0.3 is 0 Å². The second-order valence-corrected chi connectivity index (χ2v) is 11.3. The predicted octanol–water partition coefficient (Wildman–Crippen LogP) is 7.68. The Hall–Kier alpha value is -3.80. The van der Waals surface area contributed by atoms with Crippen LogP contribution in [0.25, 0.3) is 0 Å². The van der Waals surface area contributed by atoms with Gasteiger partial charge in [0.15, 0.2) is 0 Å². The van der Waals surface area contributed by atoms with E-state index in [9.17, 15) is 9.59 Å². The zero-order valence-corrected chi connectivity index (χ0v) is 24.3. The minimum atomic E-state index is -0.348. The lowest BCUT2D eigenvalue weighted by molar-refractivity contribution is 0.0953. The molecule has 5 rings (SSSR count). The molecule has 1 fully saturated rings. The van der Waals surface area contributed by atoms with Gasteiger partial charge in [0.2, 0.25) is 0 Å². The summed E-state index contributed by atoms with van der Waals surface area (Å²) >= 11 is 12.2. The van der Waals surface area contributed by atoms with E-state index >= 15 is 0 Å². The first-order valence-corrected chi connectivity index (χ1v) is 14.7. The summed E-state index contributed by atoms with van der Waals surface area (Å²) in [5.41, 5.74) is 4.83. The zero-order chi connectivity index (χ0) is 28.6. The Labute approximate surface area is 251 Å². The molecule has 0 radical (unpaired) electrons. The van der Waals surface area contributed by atoms with Crippen LogP contribution in [0.3, 0.4) is 0 Å². The molecular formula is C34H33Cl2N3O2. The summed E-state index contributed by atoms with van der Waals surface area (Å²) in [5, 5.41) is 6.75. The van der Waals surface area contributed by atoms with Gasteiger partial charge in [0.1, 0.15) is 0 Å². The summed E-state index contributed by atoms with van der Waals surface area (Å²) in [6.07, 6.45) is 3.91. The highest BCUT2D eigenvalue weighted by molar-refractivity contribution is 6.35. The van der Waals surface area contributed by atoms with Crippen molar-refractivity contribution in [3.8, 4) is 0 Å². The summed E-state index contributed by atoms with van der Waals surface area (Å²) in [7, 11) is 0. The summed E-state index contributed by atoms with van der Waals surface area (Å²) in [4.78, 5) is 28.8.